The summed E-state index contributed by atoms with van der Waals surface area (Å²) < 4.78 is 38.9. The third kappa shape index (κ3) is 4.91. The van der Waals surface area contributed by atoms with Gasteiger partial charge in [-0.1, -0.05) is 12.8 Å². The zero-order valence-electron chi connectivity index (χ0n) is 13.6. The Labute approximate surface area is 142 Å². The first kappa shape index (κ1) is 18.7. The Balaban J connectivity index is 1.97. The number of nitrogens with two attached hydrogens (primary N) is 1. The molecule has 1 amide bonds. The maximum absolute atomic E-state index is 14.0. The first-order valence-electron chi connectivity index (χ1n) is 8.24. The monoisotopic (exact) mass is 357 g/mol. The molecule has 1 saturated heterocycles. The van der Waals surface area contributed by atoms with Crippen LogP contribution in [0.1, 0.15) is 38.5 Å². The van der Waals surface area contributed by atoms with Gasteiger partial charge >= 0.3 is 0 Å². The number of nitrogens with one attached hydrogen (secondary N) is 1. The number of nitrogens with zero attached hydrogens (tertiary/aromatic N) is 1. The largest absolute Gasteiger partial charge is 0.330 e. The van der Waals surface area contributed by atoms with E-state index in [9.17, 15) is 17.6 Å². The second-order valence-corrected chi connectivity index (χ2v) is 7.92. The number of carbonyl (C=O) groups excluding carboxylic acids is 1. The van der Waals surface area contributed by atoms with Crippen molar-refractivity contribution in [3.63, 3.8) is 0 Å². The predicted octanol–water partition coefficient (Wildman–Crippen LogP) is 2.21. The molecular weight excluding hydrogens is 333 g/mol. The molecule has 0 saturated carbocycles. The van der Waals surface area contributed by atoms with Gasteiger partial charge in [0, 0.05) is 18.7 Å². The SMILES string of the molecule is NCCCCCCC(=O)Nc1ccc(F)c(N2CCCS2(=O)=O)c1. The van der Waals surface area contributed by atoms with E-state index in [1.807, 2.05) is 0 Å². The van der Waals surface area contributed by atoms with E-state index in [0.717, 1.165) is 30.0 Å². The van der Waals surface area contributed by atoms with Crippen LogP contribution >= 0.6 is 0 Å². The summed E-state index contributed by atoms with van der Waals surface area (Å²) in [5.41, 5.74) is 5.81. The Morgan fingerprint density at radius 1 is 1.25 bits per heavy atom. The highest BCUT2D eigenvalue weighted by Crippen LogP contribution is 2.29. The summed E-state index contributed by atoms with van der Waals surface area (Å²) in [6.45, 7) is 0.918. The van der Waals surface area contributed by atoms with Crippen molar-refractivity contribution in [2.24, 2.45) is 5.73 Å². The lowest BCUT2D eigenvalue weighted by molar-refractivity contribution is -0.116. The lowest BCUT2D eigenvalue weighted by Gasteiger charge is -2.18. The molecule has 0 aliphatic carbocycles. The molecule has 1 aliphatic rings. The van der Waals surface area contributed by atoms with E-state index < -0.39 is 15.8 Å². The van der Waals surface area contributed by atoms with Gasteiger partial charge < -0.3 is 11.1 Å². The van der Waals surface area contributed by atoms with E-state index in [4.69, 9.17) is 5.73 Å². The van der Waals surface area contributed by atoms with Gasteiger partial charge in [-0.2, -0.15) is 0 Å². The highest BCUT2D eigenvalue weighted by Gasteiger charge is 2.30. The maximum Gasteiger partial charge on any atom is 0.235 e. The van der Waals surface area contributed by atoms with Gasteiger partial charge in [0.15, 0.2) is 0 Å². The van der Waals surface area contributed by atoms with Crippen molar-refractivity contribution in [2.75, 3.05) is 28.5 Å². The Morgan fingerprint density at radius 2 is 2.00 bits per heavy atom. The van der Waals surface area contributed by atoms with Gasteiger partial charge in [0.1, 0.15) is 5.82 Å². The van der Waals surface area contributed by atoms with E-state index in [1.54, 1.807) is 0 Å². The molecule has 24 heavy (non-hydrogen) atoms. The van der Waals surface area contributed by atoms with Gasteiger partial charge in [0.25, 0.3) is 0 Å². The lowest BCUT2D eigenvalue weighted by atomic mass is 10.1. The van der Waals surface area contributed by atoms with Crippen LogP contribution in [0.3, 0.4) is 0 Å². The van der Waals surface area contributed by atoms with Crippen LogP contribution < -0.4 is 15.4 Å². The molecule has 8 heteroatoms. The molecule has 134 valence electrons. The number of benzene rings is 1. The molecule has 1 aliphatic heterocycles. The van der Waals surface area contributed by atoms with Crippen LogP contribution in [-0.4, -0.2) is 33.2 Å². The maximum atomic E-state index is 14.0. The number of anilines is 2. The average Bonchev–Trinajstić information content (AvgIpc) is 2.88. The molecule has 1 aromatic carbocycles. The third-order valence-electron chi connectivity index (χ3n) is 3.96. The van der Waals surface area contributed by atoms with E-state index in [-0.39, 0.29) is 23.9 Å². The van der Waals surface area contributed by atoms with Crippen molar-refractivity contribution in [1.82, 2.24) is 0 Å². The first-order chi connectivity index (χ1) is 11.4. The highest BCUT2D eigenvalue weighted by molar-refractivity contribution is 7.93. The van der Waals surface area contributed by atoms with Crippen LogP contribution in [0.2, 0.25) is 0 Å². The molecule has 0 bridgehead atoms. The molecular formula is C16H24FN3O3S. The van der Waals surface area contributed by atoms with Gasteiger partial charge in [-0.05, 0) is 44.0 Å². The summed E-state index contributed by atoms with van der Waals surface area (Å²) in [5, 5.41) is 2.70. The zero-order chi connectivity index (χ0) is 17.6. The summed E-state index contributed by atoms with van der Waals surface area (Å²) in [7, 11) is -3.46. The molecule has 1 fully saturated rings. The fourth-order valence-corrected chi connectivity index (χ4v) is 4.26. The average molecular weight is 357 g/mol. The molecule has 0 radical (unpaired) electrons. The number of carbonyl (C=O) groups is 1. The van der Waals surface area contributed by atoms with Gasteiger partial charge in [-0.15, -0.1) is 0 Å². The van der Waals surface area contributed by atoms with Crippen LogP contribution in [0, 0.1) is 5.82 Å². The number of hydrogen-bond acceptors (Lipinski definition) is 4. The molecule has 0 atom stereocenters. The number of unbranched alkanes of at least 4 members (excludes halogenated alkanes) is 3. The first-order valence-corrected chi connectivity index (χ1v) is 9.85. The molecule has 6 nitrogen and oxygen atoms in total. The number of amides is 1. The van der Waals surface area contributed by atoms with Crippen molar-refractivity contribution >= 4 is 27.3 Å². The molecule has 1 heterocycles. The number of hydrogen-bond donors (Lipinski definition) is 2. The minimum Gasteiger partial charge on any atom is -0.330 e. The fourth-order valence-electron chi connectivity index (χ4n) is 2.70. The van der Waals surface area contributed by atoms with Gasteiger partial charge in [0.05, 0.1) is 11.4 Å². The topological polar surface area (TPSA) is 92.5 Å². The van der Waals surface area contributed by atoms with Crippen LogP contribution in [0.15, 0.2) is 18.2 Å². The summed E-state index contributed by atoms with van der Waals surface area (Å²) in [4.78, 5) is 11.9. The van der Waals surface area contributed by atoms with Crippen LogP contribution in [0.25, 0.3) is 0 Å². The smallest absolute Gasteiger partial charge is 0.235 e. The van der Waals surface area contributed by atoms with Crippen molar-refractivity contribution in [1.29, 1.82) is 0 Å². The molecule has 3 N–H and O–H groups in total. The molecule has 0 aromatic heterocycles. The normalized spacial score (nSPS) is 16.3. The zero-order valence-corrected chi connectivity index (χ0v) is 14.4. The summed E-state index contributed by atoms with van der Waals surface area (Å²) in [6, 6.07) is 4.00. The molecule has 2 rings (SSSR count). The second-order valence-electron chi connectivity index (χ2n) is 5.91. The minimum absolute atomic E-state index is 0.00625. The van der Waals surface area contributed by atoms with Crippen molar-refractivity contribution < 1.29 is 17.6 Å². The van der Waals surface area contributed by atoms with Crippen molar-refractivity contribution in [3.8, 4) is 0 Å². The molecule has 0 spiro atoms. The van der Waals surface area contributed by atoms with Gasteiger partial charge in [0.2, 0.25) is 15.9 Å². The standard InChI is InChI=1S/C16H24FN3O3S/c17-14-8-7-13(19-16(21)6-3-1-2-4-9-18)12-15(14)20-10-5-11-24(20,22)23/h7-8,12H,1-6,9-11,18H2,(H,19,21). The summed E-state index contributed by atoms with van der Waals surface area (Å²) in [6.07, 6.45) is 4.50. The van der Waals surface area contributed by atoms with Crippen LogP contribution in [-0.2, 0) is 14.8 Å². The quantitative estimate of drug-likeness (QED) is 0.698. The summed E-state index contributed by atoms with van der Waals surface area (Å²) in [5.74, 6) is -0.754. The van der Waals surface area contributed by atoms with E-state index in [1.165, 1.54) is 18.2 Å². The number of rotatable bonds is 8. The minimum atomic E-state index is -3.46. The van der Waals surface area contributed by atoms with E-state index >= 15 is 0 Å². The molecule has 0 unspecified atom stereocenters. The van der Waals surface area contributed by atoms with Gasteiger partial charge in [-0.3, -0.25) is 9.10 Å². The Hall–Kier alpha value is -1.67. The van der Waals surface area contributed by atoms with E-state index in [2.05, 4.69) is 5.32 Å². The van der Waals surface area contributed by atoms with Crippen LogP contribution in [0.5, 0.6) is 0 Å². The Morgan fingerprint density at radius 3 is 2.67 bits per heavy atom. The van der Waals surface area contributed by atoms with Crippen molar-refractivity contribution in [3.05, 3.63) is 24.0 Å². The predicted molar refractivity (Wildman–Crippen MR) is 92.9 cm³/mol. The summed E-state index contributed by atoms with van der Waals surface area (Å²) >= 11 is 0. The lowest BCUT2D eigenvalue weighted by Crippen LogP contribution is -2.26. The third-order valence-corrected chi connectivity index (χ3v) is 5.81. The molecule has 1 aromatic rings. The Bertz CT molecular complexity index is 679. The fraction of sp³-hybridized carbons (Fsp3) is 0.562. The Kier molecular flexibility index (Phi) is 6.56. The second kappa shape index (κ2) is 8.43. The van der Waals surface area contributed by atoms with Crippen LogP contribution in [0.4, 0.5) is 15.8 Å². The number of halogens is 1. The van der Waals surface area contributed by atoms with Gasteiger partial charge in [-0.25, -0.2) is 12.8 Å². The number of sulfonamides is 1. The van der Waals surface area contributed by atoms with Crippen molar-refractivity contribution in [2.45, 2.75) is 38.5 Å². The highest BCUT2D eigenvalue weighted by atomic mass is 32.2. The van der Waals surface area contributed by atoms with E-state index in [0.29, 0.717) is 25.1 Å².